The van der Waals surface area contributed by atoms with Gasteiger partial charge >= 0.3 is 0 Å². The van der Waals surface area contributed by atoms with E-state index in [0.717, 1.165) is 35.0 Å². The molecule has 1 N–H and O–H groups in total. The molecule has 0 aromatic carbocycles. The number of hydrogen-bond donors (Lipinski definition) is 1. The Morgan fingerprint density at radius 1 is 0.968 bits per heavy atom. The Balaban J connectivity index is 1.16. The molecule has 1 saturated heterocycles. The van der Waals surface area contributed by atoms with Crippen molar-refractivity contribution in [3.05, 3.63) is 43.1 Å². The average molecular weight is 416 g/mol. The van der Waals surface area contributed by atoms with Crippen LogP contribution in [-0.4, -0.2) is 84.7 Å². The third-order valence-electron chi connectivity index (χ3n) is 6.55. The first kappa shape index (κ1) is 18.6. The van der Waals surface area contributed by atoms with E-state index in [-0.39, 0.29) is 0 Å². The molecular weight excluding hydrogens is 390 g/mol. The topological polar surface area (TPSA) is 87.4 Å². The molecule has 2 fully saturated rings. The minimum Gasteiger partial charge on any atom is -0.350 e. The number of aromatic nitrogens is 6. The number of nitrogens with zero attached hydrogens (tertiary/aromatic N) is 8. The van der Waals surface area contributed by atoms with Crippen molar-refractivity contribution in [3.63, 3.8) is 0 Å². The van der Waals surface area contributed by atoms with Crippen LogP contribution in [0.2, 0.25) is 0 Å². The number of pyridine rings is 1. The second-order valence-corrected chi connectivity index (χ2v) is 8.57. The number of nitrogens with one attached hydrogen (secondary N) is 1. The molecule has 1 aliphatic carbocycles. The zero-order chi connectivity index (χ0) is 20.8. The van der Waals surface area contributed by atoms with Crippen LogP contribution in [0.1, 0.15) is 12.8 Å². The minimum atomic E-state index is 0.445. The van der Waals surface area contributed by atoms with Gasteiger partial charge in [-0.05, 0) is 32.0 Å². The SMILES string of the molecule is CN1CCN([C@H]2C[C@@H](Nc3ncc4c(-c5cnc6nccnc6c5)ccn4n3)C2)CC1. The maximum absolute atomic E-state index is 4.68. The summed E-state index contributed by atoms with van der Waals surface area (Å²) in [7, 11) is 2.20. The van der Waals surface area contributed by atoms with Crippen molar-refractivity contribution in [2.45, 2.75) is 24.9 Å². The van der Waals surface area contributed by atoms with Crippen molar-refractivity contribution in [1.82, 2.24) is 39.3 Å². The van der Waals surface area contributed by atoms with E-state index >= 15 is 0 Å². The van der Waals surface area contributed by atoms with Gasteiger partial charge in [0.25, 0.3) is 0 Å². The summed E-state index contributed by atoms with van der Waals surface area (Å²) in [6, 6.07) is 5.18. The first-order valence-electron chi connectivity index (χ1n) is 10.8. The summed E-state index contributed by atoms with van der Waals surface area (Å²) in [6.07, 6.45) is 11.3. The zero-order valence-electron chi connectivity index (χ0n) is 17.5. The fraction of sp³-hybridized carbons (Fsp3) is 0.409. The van der Waals surface area contributed by atoms with E-state index in [2.05, 4.69) is 47.2 Å². The van der Waals surface area contributed by atoms with Gasteiger partial charge in [-0.3, -0.25) is 9.88 Å². The second kappa shape index (κ2) is 7.51. The maximum atomic E-state index is 4.68. The first-order chi connectivity index (χ1) is 15.2. The molecule has 158 valence electrons. The molecule has 0 amide bonds. The summed E-state index contributed by atoms with van der Waals surface area (Å²) in [5, 5.41) is 8.19. The summed E-state index contributed by atoms with van der Waals surface area (Å²) in [4.78, 5) is 22.6. The molecule has 0 bridgehead atoms. The van der Waals surface area contributed by atoms with Gasteiger partial charge < -0.3 is 10.2 Å². The Morgan fingerprint density at radius 3 is 2.68 bits per heavy atom. The van der Waals surface area contributed by atoms with Crippen molar-refractivity contribution in [2.24, 2.45) is 0 Å². The number of piperazine rings is 1. The number of hydrogen-bond acceptors (Lipinski definition) is 8. The molecule has 9 nitrogen and oxygen atoms in total. The first-order valence-corrected chi connectivity index (χ1v) is 10.8. The summed E-state index contributed by atoms with van der Waals surface area (Å²) in [5.41, 5.74) is 4.38. The highest BCUT2D eigenvalue weighted by Crippen LogP contribution is 2.29. The Labute approximate surface area is 180 Å². The number of likely N-dealkylation sites (N-methyl/N-ethyl adjacent to an activating group) is 1. The summed E-state index contributed by atoms with van der Waals surface area (Å²) in [5.74, 6) is 0.680. The van der Waals surface area contributed by atoms with E-state index < -0.39 is 0 Å². The molecule has 4 aromatic heterocycles. The fourth-order valence-electron chi connectivity index (χ4n) is 4.59. The lowest BCUT2D eigenvalue weighted by molar-refractivity contribution is 0.0656. The van der Waals surface area contributed by atoms with E-state index in [1.165, 1.54) is 26.2 Å². The highest BCUT2D eigenvalue weighted by molar-refractivity contribution is 5.84. The molecule has 0 spiro atoms. The lowest BCUT2D eigenvalue weighted by Gasteiger charge is -2.46. The molecule has 0 unspecified atom stereocenters. The molecule has 0 atom stereocenters. The maximum Gasteiger partial charge on any atom is 0.241 e. The smallest absolute Gasteiger partial charge is 0.241 e. The third-order valence-corrected chi connectivity index (χ3v) is 6.55. The van der Waals surface area contributed by atoms with Gasteiger partial charge in [0.1, 0.15) is 5.52 Å². The predicted octanol–water partition coefficient (Wildman–Crippen LogP) is 1.92. The van der Waals surface area contributed by atoms with Crippen LogP contribution in [0.3, 0.4) is 0 Å². The highest BCUT2D eigenvalue weighted by atomic mass is 15.3. The molecule has 1 aliphatic heterocycles. The molecule has 1 saturated carbocycles. The van der Waals surface area contributed by atoms with Gasteiger partial charge in [0.05, 0.1) is 11.7 Å². The van der Waals surface area contributed by atoms with Crippen LogP contribution in [0, 0.1) is 0 Å². The molecular formula is C22H25N9. The van der Waals surface area contributed by atoms with Crippen molar-refractivity contribution in [2.75, 3.05) is 38.5 Å². The van der Waals surface area contributed by atoms with E-state index in [9.17, 15) is 0 Å². The van der Waals surface area contributed by atoms with Crippen molar-refractivity contribution in [1.29, 1.82) is 0 Å². The van der Waals surface area contributed by atoms with Gasteiger partial charge in [0.2, 0.25) is 5.95 Å². The Bertz CT molecular complexity index is 1220. The largest absolute Gasteiger partial charge is 0.350 e. The lowest BCUT2D eigenvalue weighted by Crippen LogP contribution is -2.55. The molecule has 6 rings (SSSR count). The van der Waals surface area contributed by atoms with Gasteiger partial charge in [-0.1, -0.05) is 0 Å². The van der Waals surface area contributed by atoms with Crippen molar-refractivity contribution < 1.29 is 0 Å². The average Bonchev–Trinajstić information content (AvgIpc) is 3.20. The van der Waals surface area contributed by atoms with Crippen LogP contribution in [0.25, 0.3) is 27.8 Å². The van der Waals surface area contributed by atoms with Crippen LogP contribution in [-0.2, 0) is 0 Å². The predicted molar refractivity (Wildman–Crippen MR) is 119 cm³/mol. The standard InChI is InChI=1S/C22H25N9/c1-29-6-8-30(9-7-29)17-11-16(12-17)27-22-26-14-20-18(2-5-31(20)28-22)15-10-19-21(25-13-15)24-4-3-23-19/h2-5,10,13-14,16-17H,6-9,11-12H2,1H3,(H,27,28)/t16-,17+. The Morgan fingerprint density at radius 2 is 1.81 bits per heavy atom. The van der Waals surface area contributed by atoms with E-state index in [1.54, 1.807) is 12.4 Å². The van der Waals surface area contributed by atoms with Gasteiger partial charge in [-0.2, -0.15) is 0 Å². The third kappa shape index (κ3) is 3.49. The van der Waals surface area contributed by atoms with Gasteiger partial charge in [-0.25, -0.2) is 19.5 Å². The lowest BCUT2D eigenvalue weighted by atomic mass is 9.85. The van der Waals surface area contributed by atoms with Crippen LogP contribution >= 0.6 is 0 Å². The molecule has 0 radical (unpaired) electrons. The van der Waals surface area contributed by atoms with E-state index in [4.69, 9.17) is 0 Å². The van der Waals surface area contributed by atoms with Crippen molar-refractivity contribution in [3.8, 4) is 11.1 Å². The Hall–Kier alpha value is -3.17. The quantitative estimate of drug-likeness (QED) is 0.541. The second-order valence-electron chi connectivity index (χ2n) is 8.57. The van der Waals surface area contributed by atoms with Gasteiger partial charge in [0.15, 0.2) is 5.65 Å². The van der Waals surface area contributed by atoms with Gasteiger partial charge in [0, 0.05) is 74.2 Å². The molecule has 9 heteroatoms. The van der Waals surface area contributed by atoms with Crippen LogP contribution in [0.5, 0.6) is 0 Å². The summed E-state index contributed by atoms with van der Waals surface area (Å²) < 4.78 is 1.88. The molecule has 5 heterocycles. The van der Waals surface area contributed by atoms with Crippen LogP contribution in [0.4, 0.5) is 5.95 Å². The zero-order valence-corrected chi connectivity index (χ0v) is 17.5. The summed E-state index contributed by atoms with van der Waals surface area (Å²) >= 11 is 0. The molecule has 31 heavy (non-hydrogen) atoms. The minimum absolute atomic E-state index is 0.445. The number of fused-ring (bicyclic) bond motifs is 2. The van der Waals surface area contributed by atoms with Crippen LogP contribution < -0.4 is 5.32 Å². The molecule has 4 aromatic rings. The van der Waals surface area contributed by atoms with Crippen molar-refractivity contribution >= 4 is 22.6 Å². The Kier molecular flexibility index (Phi) is 4.50. The fourth-order valence-corrected chi connectivity index (χ4v) is 4.59. The number of rotatable bonds is 4. The number of anilines is 1. The van der Waals surface area contributed by atoms with Gasteiger partial charge in [-0.15, -0.1) is 5.10 Å². The normalized spacial score (nSPS) is 22.6. The van der Waals surface area contributed by atoms with E-state index in [1.807, 2.05) is 35.2 Å². The highest BCUT2D eigenvalue weighted by Gasteiger charge is 2.35. The molecule has 2 aliphatic rings. The monoisotopic (exact) mass is 415 g/mol. The van der Waals surface area contributed by atoms with Crippen LogP contribution in [0.15, 0.2) is 43.1 Å². The van der Waals surface area contributed by atoms with E-state index in [0.29, 0.717) is 23.7 Å². The summed E-state index contributed by atoms with van der Waals surface area (Å²) in [6.45, 7) is 4.70.